The van der Waals surface area contributed by atoms with Crippen LogP contribution >= 0.6 is 0 Å². The molecule has 1 aromatic heterocycles. The zero-order chi connectivity index (χ0) is 33.0. The molecule has 234 valence electrons. The van der Waals surface area contributed by atoms with E-state index in [1.165, 1.54) is 37.9 Å². The third-order valence-electron chi connectivity index (χ3n) is 9.84. The monoisotopic (exact) mass is 638 g/mol. The molecule has 0 atom stereocenters. The summed E-state index contributed by atoms with van der Waals surface area (Å²) in [4.78, 5) is 7.27. The van der Waals surface area contributed by atoms with Crippen LogP contribution < -0.4 is 4.90 Å². The molecule has 0 amide bonds. The van der Waals surface area contributed by atoms with E-state index in [9.17, 15) is 0 Å². The summed E-state index contributed by atoms with van der Waals surface area (Å²) >= 11 is 0. The molecule has 10 aromatic rings. The van der Waals surface area contributed by atoms with Gasteiger partial charge in [-0.2, -0.15) is 0 Å². The van der Waals surface area contributed by atoms with Gasteiger partial charge in [-0.25, -0.2) is 4.98 Å². The molecule has 0 N–H and O–H groups in total. The van der Waals surface area contributed by atoms with Gasteiger partial charge in [0.05, 0.1) is 5.69 Å². The summed E-state index contributed by atoms with van der Waals surface area (Å²) in [6.07, 6.45) is 0. The Morgan fingerprint density at radius 1 is 0.420 bits per heavy atom. The van der Waals surface area contributed by atoms with E-state index in [1.807, 2.05) is 30.3 Å². The lowest BCUT2D eigenvalue weighted by Gasteiger charge is -2.27. The molecule has 0 bridgehead atoms. The van der Waals surface area contributed by atoms with E-state index in [0.29, 0.717) is 5.89 Å². The van der Waals surface area contributed by atoms with Crippen LogP contribution in [0.5, 0.6) is 0 Å². The van der Waals surface area contributed by atoms with E-state index < -0.39 is 0 Å². The summed E-state index contributed by atoms with van der Waals surface area (Å²) < 4.78 is 6.61. The van der Waals surface area contributed by atoms with Crippen molar-refractivity contribution in [2.24, 2.45) is 0 Å². The first kappa shape index (κ1) is 28.3. The summed E-state index contributed by atoms with van der Waals surface area (Å²) in [6.45, 7) is 0. The molecule has 0 aliphatic heterocycles. The van der Waals surface area contributed by atoms with Crippen molar-refractivity contribution >= 4 is 71.3 Å². The van der Waals surface area contributed by atoms with Crippen molar-refractivity contribution in [3.63, 3.8) is 0 Å². The molecule has 1 heterocycles. The second-order valence-corrected chi connectivity index (χ2v) is 12.7. The van der Waals surface area contributed by atoms with Crippen LogP contribution in [0.25, 0.3) is 76.8 Å². The fraction of sp³-hybridized carbons (Fsp3) is 0. The quantitative estimate of drug-likeness (QED) is 0.176. The number of anilines is 3. The molecule has 9 aromatic carbocycles. The zero-order valence-corrected chi connectivity index (χ0v) is 27.1. The van der Waals surface area contributed by atoms with Crippen LogP contribution in [-0.2, 0) is 0 Å². The van der Waals surface area contributed by atoms with Crippen LogP contribution in [0.2, 0.25) is 0 Å². The average molecular weight is 639 g/mol. The van der Waals surface area contributed by atoms with Crippen LogP contribution in [0.15, 0.2) is 186 Å². The highest BCUT2D eigenvalue weighted by Gasteiger charge is 2.19. The summed E-state index contributed by atoms with van der Waals surface area (Å²) in [5, 5.41) is 9.41. The highest BCUT2D eigenvalue weighted by molar-refractivity contribution is 6.28. The topological polar surface area (TPSA) is 29.3 Å². The molecular weight excluding hydrogens is 609 g/mol. The SMILES string of the molecule is c1ccc(-c2nc3ccc4ccc5c(-c6ccc(N(c7ccccc7)c7cccc8ccccc78)cc6)cc6ccccc6c5c4c3o2)cc1. The number of nitrogens with zero attached hydrogens (tertiary/aromatic N) is 2. The highest BCUT2D eigenvalue weighted by atomic mass is 16.3. The molecule has 0 fully saturated rings. The van der Waals surface area contributed by atoms with E-state index in [0.717, 1.165) is 50.1 Å². The van der Waals surface area contributed by atoms with E-state index in [-0.39, 0.29) is 0 Å². The van der Waals surface area contributed by atoms with Gasteiger partial charge in [-0.15, -0.1) is 0 Å². The Morgan fingerprint density at radius 2 is 1.08 bits per heavy atom. The first-order chi connectivity index (χ1) is 24.8. The Morgan fingerprint density at radius 3 is 1.90 bits per heavy atom. The number of rotatable bonds is 5. The normalized spacial score (nSPS) is 11.6. The Balaban J connectivity index is 1.18. The summed E-state index contributed by atoms with van der Waals surface area (Å²) in [5.74, 6) is 0.635. The number of fused-ring (bicyclic) bond motifs is 8. The van der Waals surface area contributed by atoms with Crippen LogP contribution in [-0.4, -0.2) is 4.98 Å². The number of oxazole rings is 1. The minimum atomic E-state index is 0.635. The van der Waals surface area contributed by atoms with Gasteiger partial charge >= 0.3 is 0 Å². The summed E-state index contributed by atoms with van der Waals surface area (Å²) in [6, 6.07) is 64.6. The van der Waals surface area contributed by atoms with Crippen molar-refractivity contribution in [3.05, 3.63) is 182 Å². The minimum Gasteiger partial charge on any atom is -0.435 e. The number of hydrogen-bond acceptors (Lipinski definition) is 3. The van der Waals surface area contributed by atoms with Crippen LogP contribution in [0, 0.1) is 0 Å². The largest absolute Gasteiger partial charge is 0.435 e. The lowest BCUT2D eigenvalue weighted by atomic mass is 9.90. The molecule has 0 saturated carbocycles. The molecule has 3 nitrogen and oxygen atoms in total. The van der Waals surface area contributed by atoms with E-state index in [4.69, 9.17) is 9.40 Å². The fourth-order valence-electron chi connectivity index (χ4n) is 7.52. The Hall–Kier alpha value is -6.71. The second kappa shape index (κ2) is 11.5. The van der Waals surface area contributed by atoms with Crippen LogP contribution in [0.4, 0.5) is 17.1 Å². The van der Waals surface area contributed by atoms with Crippen molar-refractivity contribution in [3.8, 4) is 22.6 Å². The Kier molecular flexibility index (Phi) is 6.49. The summed E-state index contributed by atoms with van der Waals surface area (Å²) in [7, 11) is 0. The number of hydrogen-bond donors (Lipinski definition) is 0. The lowest BCUT2D eigenvalue weighted by Crippen LogP contribution is -2.10. The van der Waals surface area contributed by atoms with Gasteiger partial charge < -0.3 is 9.32 Å². The molecule has 10 rings (SSSR count). The van der Waals surface area contributed by atoms with Crippen molar-refractivity contribution in [2.75, 3.05) is 4.90 Å². The first-order valence-corrected chi connectivity index (χ1v) is 17.0. The maximum Gasteiger partial charge on any atom is 0.227 e. The van der Waals surface area contributed by atoms with Gasteiger partial charge in [-0.3, -0.25) is 0 Å². The number of benzene rings is 9. The molecule has 0 radical (unpaired) electrons. The van der Waals surface area contributed by atoms with Gasteiger partial charge in [-0.05, 0) is 92.7 Å². The van der Waals surface area contributed by atoms with Gasteiger partial charge in [0.15, 0.2) is 5.58 Å². The van der Waals surface area contributed by atoms with Crippen molar-refractivity contribution < 1.29 is 4.42 Å². The molecule has 50 heavy (non-hydrogen) atoms. The van der Waals surface area contributed by atoms with Crippen LogP contribution in [0.3, 0.4) is 0 Å². The van der Waals surface area contributed by atoms with E-state index in [1.54, 1.807) is 0 Å². The zero-order valence-electron chi connectivity index (χ0n) is 27.1. The van der Waals surface area contributed by atoms with Crippen molar-refractivity contribution in [1.82, 2.24) is 4.98 Å². The van der Waals surface area contributed by atoms with Gasteiger partial charge in [0, 0.05) is 33.1 Å². The van der Waals surface area contributed by atoms with E-state index in [2.05, 4.69) is 157 Å². The average Bonchev–Trinajstić information content (AvgIpc) is 3.64. The molecule has 0 spiro atoms. The molecular formula is C47H30N2O. The van der Waals surface area contributed by atoms with Gasteiger partial charge in [0.25, 0.3) is 0 Å². The Labute approximate surface area is 289 Å². The predicted octanol–water partition coefficient (Wildman–Crippen LogP) is 13.2. The molecule has 3 heteroatoms. The third kappa shape index (κ3) is 4.56. The fourth-order valence-corrected chi connectivity index (χ4v) is 7.52. The van der Waals surface area contributed by atoms with Crippen molar-refractivity contribution in [2.45, 2.75) is 0 Å². The van der Waals surface area contributed by atoms with E-state index >= 15 is 0 Å². The van der Waals surface area contributed by atoms with Gasteiger partial charge in [0.1, 0.15) is 5.52 Å². The number of aromatic nitrogens is 1. The van der Waals surface area contributed by atoms with Gasteiger partial charge in [-0.1, -0.05) is 127 Å². The molecule has 0 saturated heterocycles. The highest BCUT2D eigenvalue weighted by Crippen LogP contribution is 2.44. The third-order valence-corrected chi connectivity index (χ3v) is 9.84. The Bertz CT molecular complexity index is 2850. The smallest absolute Gasteiger partial charge is 0.227 e. The van der Waals surface area contributed by atoms with Gasteiger partial charge in [0.2, 0.25) is 5.89 Å². The first-order valence-electron chi connectivity index (χ1n) is 17.0. The van der Waals surface area contributed by atoms with Crippen molar-refractivity contribution in [1.29, 1.82) is 0 Å². The maximum absolute atomic E-state index is 6.61. The molecule has 0 aliphatic carbocycles. The lowest BCUT2D eigenvalue weighted by molar-refractivity contribution is 0.623. The van der Waals surface area contributed by atoms with Crippen LogP contribution in [0.1, 0.15) is 0 Å². The second-order valence-electron chi connectivity index (χ2n) is 12.7. The number of para-hydroxylation sites is 1. The predicted molar refractivity (Wildman–Crippen MR) is 210 cm³/mol. The summed E-state index contributed by atoms with van der Waals surface area (Å²) in [5.41, 5.74) is 8.35. The standard InChI is InChI=1S/C47H30N2O/c1-3-13-34(14-4-1)47-48-42-29-25-33-24-28-40-41(30-35-15-8-10-20-39(35)45(40)44(33)46(42)50-47)32-22-26-37(27-23-32)49(36-17-5-2-6-18-36)43-21-11-16-31-12-7-9-19-38(31)43/h1-30H. The minimum absolute atomic E-state index is 0.635. The molecule has 0 aliphatic rings. The molecule has 0 unspecified atom stereocenters. The maximum atomic E-state index is 6.61.